The van der Waals surface area contributed by atoms with Crippen molar-refractivity contribution in [1.82, 2.24) is 5.32 Å². The van der Waals surface area contributed by atoms with Gasteiger partial charge in [0.15, 0.2) is 0 Å². The summed E-state index contributed by atoms with van der Waals surface area (Å²) in [6.45, 7) is 4.03. The van der Waals surface area contributed by atoms with Crippen LogP contribution in [0.3, 0.4) is 0 Å². The van der Waals surface area contributed by atoms with Crippen LogP contribution in [-0.4, -0.2) is 6.54 Å². The minimum atomic E-state index is 0.979. The Labute approximate surface area is 60.2 Å². The van der Waals surface area contributed by atoms with E-state index in [1.807, 2.05) is 6.92 Å². The van der Waals surface area contributed by atoms with Gasteiger partial charge >= 0.3 is 0 Å². The van der Waals surface area contributed by atoms with Crippen molar-refractivity contribution in [3.8, 4) is 0 Å². The summed E-state index contributed by atoms with van der Waals surface area (Å²) in [5, 5.41) is 3.29. The van der Waals surface area contributed by atoms with E-state index in [0.29, 0.717) is 0 Å². The molecule has 54 valence electrons. The van der Waals surface area contributed by atoms with E-state index in [1.54, 1.807) is 0 Å². The van der Waals surface area contributed by atoms with E-state index in [2.05, 4.69) is 11.4 Å². The fourth-order valence-electron chi connectivity index (χ4n) is 1.40. The third kappa shape index (κ3) is 0.847. The van der Waals surface area contributed by atoms with Gasteiger partial charge in [0.2, 0.25) is 0 Å². The molecule has 1 aromatic rings. The summed E-state index contributed by atoms with van der Waals surface area (Å²) < 4.78 is 5.47. The summed E-state index contributed by atoms with van der Waals surface area (Å²) in [5.41, 5.74) is 1.34. The Balaban J connectivity index is 2.41. The highest BCUT2D eigenvalue weighted by atomic mass is 16.3. The fraction of sp³-hybridized carbons (Fsp3) is 0.500. The van der Waals surface area contributed by atoms with Crippen molar-refractivity contribution in [1.29, 1.82) is 0 Å². The second kappa shape index (κ2) is 2.13. The molecular weight excluding hydrogens is 126 g/mol. The molecule has 2 rings (SSSR count). The number of hydrogen-bond donors (Lipinski definition) is 1. The predicted molar refractivity (Wildman–Crippen MR) is 38.9 cm³/mol. The van der Waals surface area contributed by atoms with E-state index in [-0.39, 0.29) is 0 Å². The summed E-state index contributed by atoms with van der Waals surface area (Å²) in [4.78, 5) is 0. The molecule has 0 aliphatic carbocycles. The first kappa shape index (κ1) is 5.98. The van der Waals surface area contributed by atoms with Crippen LogP contribution < -0.4 is 5.32 Å². The highest BCUT2D eigenvalue weighted by molar-refractivity contribution is 5.23. The van der Waals surface area contributed by atoms with Gasteiger partial charge in [-0.25, -0.2) is 0 Å². The third-order valence-electron chi connectivity index (χ3n) is 1.86. The van der Waals surface area contributed by atoms with Crippen LogP contribution in [0.1, 0.15) is 17.1 Å². The number of furan rings is 1. The Kier molecular flexibility index (Phi) is 1.27. The lowest BCUT2D eigenvalue weighted by atomic mass is 10.1. The lowest BCUT2D eigenvalue weighted by Gasteiger charge is -2.09. The van der Waals surface area contributed by atoms with Crippen LogP contribution in [0.5, 0.6) is 0 Å². The highest BCUT2D eigenvalue weighted by Crippen LogP contribution is 2.17. The van der Waals surface area contributed by atoms with E-state index in [4.69, 9.17) is 4.42 Å². The predicted octanol–water partition coefficient (Wildman–Crippen LogP) is 1.23. The van der Waals surface area contributed by atoms with Crippen molar-refractivity contribution < 1.29 is 4.42 Å². The topological polar surface area (TPSA) is 25.2 Å². The molecule has 1 aromatic heterocycles. The summed E-state index contributed by atoms with van der Waals surface area (Å²) in [5.74, 6) is 2.21. The normalized spacial score (nSPS) is 16.9. The molecule has 2 heterocycles. The molecule has 0 bridgehead atoms. The molecule has 1 N–H and O–H groups in total. The van der Waals surface area contributed by atoms with Gasteiger partial charge in [-0.3, -0.25) is 0 Å². The van der Waals surface area contributed by atoms with Crippen LogP contribution in [0.25, 0.3) is 0 Å². The van der Waals surface area contributed by atoms with Gasteiger partial charge in [-0.2, -0.15) is 0 Å². The molecule has 0 aromatic carbocycles. The van der Waals surface area contributed by atoms with Crippen LogP contribution in [0, 0.1) is 6.92 Å². The number of hydrogen-bond acceptors (Lipinski definition) is 2. The van der Waals surface area contributed by atoms with Gasteiger partial charge in [0, 0.05) is 25.1 Å². The fourth-order valence-corrected chi connectivity index (χ4v) is 1.40. The van der Waals surface area contributed by atoms with Crippen molar-refractivity contribution in [2.45, 2.75) is 19.9 Å². The van der Waals surface area contributed by atoms with Gasteiger partial charge in [-0.15, -0.1) is 0 Å². The lowest BCUT2D eigenvalue weighted by Crippen LogP contribution is -2.22. The lowest BCUT2D eigenvalue weighted by molar-refractivity contribution is 0.456. The van der Waals surface area contributed by atoms with Gasteiger partial charge in [-0.05, 0) is 13.0 Å². The molecule has 1 aliphatic heterocycles. The first-order chi connectivity index (χ1) is 4.86. The van der Waals surface area contributed by atoms with Crippen LogP contribution in [0.15, 0.2) is 10.5 Å². The van der Waals surface area contributed by atoms with Crippen LogP contribution >= 0.6 is 0 Å². The zero-order chi connectivity index (χ0) is 6.97. The Bertz CT molecular complexity index is 216. The van der Waals surface area contributed by atoms with Crippen molar-refractivity contribution >= 4 is 0 Å². The monoisotopic (exact) mass is 137 g/mol. The molecule has 0 fully saturated rings. The van der Waals surface area contributed by atoms with E-state index in [9.17, 15) is 0 Å². The molecule has 2 heteroatoms. The maximum Gasteiger partial charge on any atom is 0.109 e. The van der Waals surface area contributed by atoms with Gasteiger partial charge in [0.1, 0.15) is 11.5 Å². The summed E-state index contributed by atoms with van der Waals surface area (Å²) in [6, 6.07) is 2.11. The molecule has 10 heavy (non-hydrogen) atoms. The molecule has 0 atom stereocenters. The Hall–Kier alpha value is -0.760. The summed E-state index contributed by atoms with van der Waals surface area (Å²) in [7, 11) is 0. The average Bonchev–Trinajstić information content (AvgIpc) is 2.27. The van der Waals surface area contributed by atoms with Gasteiger partial charge in [0.25, 0.3) is 0 Å². The zero-order valence-corrected chi connectivity index (χ0v) is 6.11. The van der Waals surface area contributed by atoms with E-state index in [1.165, 1.54) is 11.3 Å². The molecule has 0 spiro atoms. The summed E-state index contributed by atoms with van der Waals surface area (Å²) >= 11 is 0. The minimum Gasteiger partial charge on any atom is -0.466 e. The molecule has 0 saturated heterocycles. The van der Waals surface area contributed by atoms with E-state index < -0.39 is 0 Å². The maximum absolute atomic E-state index is 5.47. The first-order valence-electron chi connectivity index (χ1n) is 3.65. The van der Waals surface area contributed by atoms with Crippen LogP contribution in [0.4, 0.5) is 0 Å². The first-order valence-corrected chi connectivity index (χ1v) is 3.65. The van der Waals surface area contributed by atoms with Gasteiger partial charge in [-0.1, -0.05) is 0 Å². The molecule has 0 unspecified atom stereocenters. The summed E-state index contributed by atoms with van der Waals surface area (Å²) in [6.07, 6.45) is 1.04. The second-order valence-corrected chi connectivity index (χ2v) is 2.73. The van der Waals surface area contributed by atoms with Gasteiger partial charge < -0.3 is 9.73 Å². The minimum absolute atomic E-state index is 0.979. The number of fused-ring (bicyclic) bond motifs is 1. The Morgan fingerprint density at radius 2 is 2.50 bits per heavy atom. The van der Waals surface area contributed by atoms with Crippen molar-refractivity contribution in [3.63, 3.8) is 0 Å². The number of nitrogens with one attached hydrogen (secondary N) is 1. The average molecular weight is 137 g/mol. The van der Waals surface area contributed by atoms with E-state index >= 15 is 0 Å². The largest absolute Gasteiger partial charge is 0.466 e. The number of aryl methyl sites for hydroxylation is 1. The van der Waals surface area contributed by atoms with E-state index in [0.717, 1.165) is 25.3 Å². The standard InChI is InChI=1S/C8H11NO/c1-6-4-7-5-9-3-2-8(7)10-6/h4,9H,2-3,5H2,1H3. The quantitative estimate of drug-likeness (QED) is 0.582. The van der Waals surface area contributed by atoms with Crippen molar-refractivity contribution in [3.05, 3.63) is 23.2 Å². The van der Waals surface area contributed by atoms with Crippen LogP contribution in [-0.2, 0) is 13.0 Å². The highest BCUT2D eigenvalue weighted by Gasteiger charge is 2.11. The second-order valence-electron chi connectivity index (χ2n) is 2.73. The van der Waals surface area contributed by atoms with Crippen molar-refractivity contribution in [2.24, 2.45) is 0 Å². The molecule has 1 aliphatic rings. The maximum atomic E-state index is 5.47. The number of rotatable bonds is 0. The molecular formula is C8H11NO. The molecule has 0 radical (unpaired) electrons. The molecule has 2 nitrogen and oxygen atoms in total. The van der Waals surface area contributed by atoms with Crippen LogP contribution in [0.2, 0.25) is 0 Å². The zero-order valence-electron chi connectivity index (χ0n) is 6.11. The van der Waals surface area contributed by atoms with Crippen molar-refractivity contribution in [2.75, 3.05) is 6.54 Å². The molecule has 0 amide bonds. The van der Waals surface area contributed by atoms with Gasteiger partial charge in [0.05, 0.1) is 0 Å². The third-order valence-corrected chi connectivity index (χ3v) is 1.86. The molecule has 0 saturated carbocycles. The smallest absolute Gasteiger partial charge is 0.109 e. The Morgan fingerprint density at radius 1 is 1.60 bits per heavy atom. The Morgan fingerprint density at radius 3 is 3.30 bits per heavy atom. The SMILES string of the molecule is Cc1cc2c(o1)CCNC2.